The topological polar surface area (TPSA) is 84.0 Å². The molecule has 1 fully saturated rings. The van der Waals surface area contributed by atoms with Crippen molar-refractivity contribution in [3.63, 3.8) is 0 Å². The molecule has 2 N–H and O–H groups in total. The third-order valence-corrected chi connectivity index (χ3v) is 6.20. The van der Waals surface area contributed by atoms with E-state index >= 15 is 0 Å². The normalized spacial score (nSPS) is 14.0. The first kappa shape index (κ1) is 17.9. The Morgan fingerprint density at radius 2 is 2.00 bits per heavy atom. The van der Waals surface area contributed by atoms with Gasteiger partial charge in [-0.2, -0.15) is 0 Å². The predicted molar refractivity (Wildman–Crippen MR) is 101 cm³/mol. The van der Waals surface area contributed by atoms with Crippen molar-refractivity contribution in [3.05, 3.63) is 29.3 Å². The van der Waals surface area contributed by atoms with Crippen LogP contribution < -0.4 is 10.6 Å². The van der Waals surface area contributed by atoms with E-state index in [1.165, 1.54) is 28.7 Å². The summed E-state index contributed by atoms with van der Waals surface area (Å²) in [5.74, 6) is 0.289. The van der Waals surface area contributed by atoms with Crippen LogP contribution in [0.15, 0.2) is 22.5 Å². The van der Waals surface area contributed by atoms with Crippen LogP contribution >= 0.6 is 23.1 Å². The Balaban J connectivity index is 1.47. The molecule has 0 saturated heterocycles. The average Bonchev–Trinajstić information content (AvgIpc) is 2.94. The summed E-state index contributed by atoms with van der Waals surface area (Å²) in [5, 5.41) is 14.1. The maximum absolute atomic E-state index is 12.1. The molecule has 2 aromatic rings. The number of hydrogen-bond donors (Lipinski definition) is 2. The van der Waals surface area contributed by atoms with Crippen LogP contribution in [0, 0.1) is 19.8 Å². The number of thioether (sulfide) groups is 1. The summed E-state index contributed by atoms with van der Waals surface area (Å²) in [6.45, 7) is 4.05. The molecule has 0 aliphatic heterocycles. The standard InChI is InChI=1S/C17H20N4O2S2/c1-10-6-7-13(8-11(10)2)18-14(22)9-24-17-21-20-16(25-17)19-15(23)12-4-3-5-12/h6-8,12H,3-5,9H2,1-2H3,(H,18,22)(H,19,20,23). The van der Waals surface area contributed by atoms with Crippen LogP contribution in [0.1, 0.15) is 30.4 Å². The Kier molecular flexibility index (Phi) is 5.70. The summed E-state index contributed by atoms with van der Waals surface area (Å²) in [6.07, 6.45) is 3.01. The molecule has 1 heterocycles. The predicted octanol–water partition coefficient (Wildman–Crippen LogP) is 3.62. The molecule has 1 saturated carbocycles. The van der Waals surface area contributed by atoms with E-state index in [1.54, 1.807) is 0 Å². The van der Waals surface area contributed by atoms with Crippen molar-refractivity contribution in [2.45, 2.75) is 37.4 Å². The van der Waals surface area contributed by atoms with Gasteiger partial charge in [-0.3, -0.25) is 9.59 Å². The molecule has 6 nitrogen and oxygen atoms in total. The number of carbonyl (C=O) groups excluding carboxylic acids is 2. The minimum atomic E-state index is -0.0940. The Morgan fingerprint density at radius 1 is 1.20 bits per heavy atom. The van der Waals surface area contributed by atoms with Gasteiger partial charge < -0.3 is 10.6 Å². The first-order valence-corrected chi connectivity index (χ1v) is 9.96. The highest BCUT2D eigenvalue weighted by atomic mass is 32.2. The highest BCUT2D eigenvalue weighted by Gasteiger charge is 2.26. The fourth-order valence-corrected chi connectivity index (χ4v) is 3.89. The quantitative estimate of drug-likeness (QED) is 0.594. The number of amides is 2. The SMILES string of the molecule is Cc1ccc(NC(=O)CSc2nnc(NC(=O)C3CCC3)s2)cc1C. The van der Waals surface area contributed by atoms with Gasteiger partial charge in [-0.15, -0.1) is 10.2 Å². The summed E-state index contributed by atoms with van der Waals surface area (Å²) < 4.78 is 0.666. The third kappa shape index (κ3) is 4.79. The van der Waals surface area contributed by atoms with Gasteiger partial charge in [0.1, 0.15) is 0 Å². The van der Waals surface area contributed by atoms with Crippen LogP contribution in [-0.4, -0.2) is 27.8 Å². The van der Waals surface area contributed by atoms with Gasteiger partial charge in [-0.1, -0.05) is 35.6 Å². The lowest BCUT2D eigenvalue weighted by Crippen LogP contribution is -2.27. The van der Waals surface area contributed by atoms with Crippen LogP contribution in [0.2, 0.25) is 0 Å². The van der Waals surface area contributed by atoms with Gasteiger partial charge in [-0.25, -0.2) is 0 Å². The number of nitrogens with one attached hydrogen (secondary N) is 2. The molecule has 0 spiro atoms. The summed E-state index contributed by atoms with van der Waals surface area (Å²) in [4.78, 5) is 23.9. The van der Waals surface area contributed by atoms with Gasteiger partial charge in [0.15, 0.2) is 4.34 Å². The average molecular weight is 377 g/mol. The maximum Gasteiger partial charge on any atom is 0.234 e. The lowest BCUT2D eigenvalue weighted by atomic mass is 9.85. The lowest BCUT2D eigenvalue weighted by Gasteiger charge is -2.23. The lowest BCUT2D eigenvalue weighted by molar-refractivity contribution is -0.122. The maximum atomic E-state index is 12.1. The highest BCUT2D eigenvalue weighted by Crippen LogP contribution is 2.30. The van der Waals surface area contributed by atoms with Gasteiger partial charge in [-0.05, 0) is 49.9 Å². The second-order valence-corrected chi connectivity index (χ2v) is 8.33. The van der Waals surface area contributed by atoms with Crippen molar-refractivity contribution < 1.29 is 9.59 Å². The molecule has 0 bridgehead atoms. The van der Waals surface area contributed by atoms with Gasteiger partial charge in [0, 0.05) is 11.6 Å². The third-order valence-electron chi connectivity index (χ3n) is 4.23. The molecule has 1 aromatic carbocycles. The molecule has 8 heteroatoms. The zero-order valence-electron chi connectivity index (χ0n) is 14.2. The van der Waals surface area contributed by atoms with E-state index in [9.17, 15) is 9.59 Å². The number of anilines is 2. The van der Waals surface area contributed by atoms with Crippen molar-refractivity contribution >= 4 is 45.7 Å². The molecule has 0 unspecified atom stereocenters. The molecule has 1 aliphatic carbocycles. The Hall–Kier alpha value is -1.93. The number of nitrogens with zero attached hydrogens (tertiary/aromatic N) is 2. The largest absolute Gasteiger partial charge is 0.325 e. The first-order valence-electron chi connectivity index (χ1n) is 8.15. The number of carbonyl (C=O) groups is 2. The zero-order valence-corrected chi connectivity index (χ0v) is 15.8. The van der Waals surface area contributed by atoms with Gasteiger partial charge in [0.25, 0.3) is 0 Å². The molecular weight excluding hydrogens is 356 g/mol. The molecule has 25 heavy (non-hydrogen) atoms. The van der Waals surface area contributed by atoms with Crippen LogP contribution in [0.25, 0.3) is 0 Å². The Labute approximate surface area is 154 Å². The van der Waals surface area contributed by atoms with Crippen LogP contribution in [0.3, 0.4) is 0 Å². The second kappa shape index (κ2) is 7.97. The van der Waals surface area contributed by atoms with Crippen molar-refractivity contribution in [2.75, 3.05) is 16.4 Å². The van der Waals surface area contributed by atoms with E-state index in [0.29, 0.717) is 9.47 Å². The van der Waals surface area contributed by atoms with Crippen molar-refractivity contribution in [3.8, 4) is 0 Å². The highest BCUT2D eigenvalue weighted by molar-refractivity contribution is 8.01. The number of aromatic nitrogens is 2. The van der Waals surface area contributed by atoms with Gasteiger partial charge in [0.2, 0.25) is 16.9 Å². The number of rotatable bonds is 6. The summed E-state index contributed by atoms with van der Waals surface area (Å²) in [7, 11) is 0. The summed E-state index contributed by atoms with van der Waals surface area (Å²) in [6, 6.07) is 5.83. The Morgan fingerprint density at radius 3 is 2.68 bits per heavy atom. The molecule has 0 atom stereocenters. The van der Waals surface area contributed by atoms with Crippen molar-refractivity contribution in [2.24, 2.45) is 5.92 Å². The Bertz CT molecular complexity index is 787. The fraction of sp³-hybridized carbons (Fsp3) is 0.412. The summed E-state index contributed by atoms with van der Waals surface area (Å²) >= 11 is 2.61. The minimum absolute atomic E-state index is 0.0198. The van der Waals surface area contributed by atoms with Crippen molar-refractivity contribution in [1.29, 1.82) is 0 Å². The van der Waals surface area contributed by atoms with Crippen LogP contribution in [0.4, 0.5) is 10.8 Å². The zero-order chi connectivity index (χ0) is 17.8. The second-order valence-electron chi connectivity index (χ2n) is 6.13. The molecule has 1 aliphatic rings. The van der Waals surface area contributed by atoms with E-state index in [4.69, 9.17) is 0 Å². The van der Waals surface area contributed by atoms with E-state index in [1.807, 2.05) is 32.0 Å². The first-order chi connectivity index (χ1) is 12.0. The van der Waals surface area contributed by atoms with Gasteiger partial charge in [0.05, 0.1) is 5.75 Å². The van der Waals surface area contributed by atoms with Crippen molar-refractivity contribution in [1.82, 2.24) is 10.2 Å². The fourth-order valence-electron chi connectivity index (χ4n) is 2.34. The number of hydrogen-bond acceptors (Lipinski definition) is 6. The van der Waals surface area contributed by atoms with E-state index < -0.39 is 0 Å². The van der Waals surface area contributed by atoms with Crippen LogP contribution in [-0.2, 0) is 9.59 Å². The minimum Gasteiger partial charge on any atom is -0.325 e. The molecule has 3 rings (SSSR count). The smallest absolute Gasteiger partial charge is 0.234 e. The van der Waals surface area contributed by atoms with E-state index in [0.717, 1.165) is 30.5 Å². The molecule has 132 valence electrons. The number of benzene rings is 1. The molecular formula is C17H20N4O2S2. The number of aryl methyl sites for hydroxylation is 2. The summed E-state index contributed by atoms with van der Waals surface area (Å²) in [5.41, 5.74) is 3.12. The van der Waals surface area contributed by atoms with E-state index in [2.05, 4.69) is 20.8 Å². The molecule has 0 radical (unpaired) electrons. The monoisotopic (exact) mass is 376 g/mol. The van der Waals surface area contributed by atoms with Crippen LogP contribution in [0.5, 0.6) is 0 Å². The molecule has 1 aromatic heterocycles. The molecule has 2 amide bonds. The van der Waals surface area contributed by atoms with E-state index in [-0.39, 0.29) is 23.5 Å². The van der Waals surface area contributed by atoms with Gasteiger partial charge >= 0.3 is 0 Å².